The molecular weight excluding hydrogens is 572 g/mol. The maximum Gasteiger partial charge on any atom is 0.357 e. The smallest absolute Gasteiger partial charge is 0.357 e. The standard InChI is InChI=1S/C24H22Br2N2O6/c1-5-12-34-22-16(33-6-2)13-15(18(25)19(22)26)20-17(23(29)31-3)21(24(30)32-4)28(27-20)14-10-8-7-9-11-14/h5,7-11,13H,1,6,12H2,2-4H3. The van der Waals surface area contributed by atoms with Gasteiger partial charge in [0.2, 0.25) is 0 Å². The second kappa shape index (κ2) is 11.3. The van der Waals surface area contributed by atoms with Gasteiger partial charge in [-0.25, -0.2) is 14.3 Å². The topological polar surface area (TPSA) is 88.9 Å². The fraction of sp³-hybridized carbons (Fsp3) is 0.208. The molecule has 2 aromatic carbocycles. The molecule has 0 spiro atoms. The lowest BCUT2D eigenvalue weighted by Gasteiger charge is -2.16. The highest BCUT2D eigenvalue weighted by molar-refractivity contribution is 9.13. The van der Waals surface area contributed by atoms with E-state index in [2.05, 4.69) is 43.5 Å². The van der Waals surface area contributed by atoms with E-state index in [-0.39, 0.29) is 23.6 Å². The summed E-state index contributed by atoms with van der Waals surface area (Å²) in [6.07, 6.45) is 1.61. The zero-order valence-electron chi connectivity index (χ0n) is 18.8. The first-order valence-electron chi connectivity index (χ1n) is 10.1. The Hall–Kier alpha value is -3.11. The minimum Gasteiger partial charge on any atom is -0.490 e. The van der Waals surface area contributed by atoms with Gasteiger partial charge in [-0.3, -0.25) is 0 Å². The summed E-state index contributed by atoms with van der Waals surface area (Å²) in [7, 11) is 2.46. The number of esters is 2. The summed E-state index contributed by atoms with van der Waals surface area (Å²) in [6.45, 7) is 6.14. The van der Waals surface area contributed by atoms with Crippen molar-refractivity contribution in [1.29, 1.82) is 0 Å². The molecule has 0 radical (unpaired) electrons. The van der Waals surface area contributed by atoms with E-state index in [1.807, 2.05) is 13.0 Å². The first-order chi connectivity index (χ1) is 16.4. The first kappa shape index (κ1) is 25.5. The third-order valence-electron chi connectivity index (χ3n) is 4.68. The fourth-order valence-electron chi connectivity index (χ4n) is 3.24. The van der Waals surface area contributed by atoms with Crippen LogP contribution in [-0.4, -0.2) is 49.2 Å². The van der Waals surface area contributed by atoms with Crippen molar-refractivity contribution in [2.75, 3.05) is 27.4 Å². The van der Waals surface area contributed by atoms with Crippen LogP contribution in [0.3, 0.4) is 0 Å². The van der Waals surface area contributed by atoms with E-state index in [0.717, 1.165) is 0 Å². The van der Waals surface area contributed by atoms with Crippen LogP contribution in [0.25, 0.3) is 16.9 Å². The number of hydrogen-bond acceptors (Lipinski definition) is 7. The molecule has 3 aromatic rings. The monoisotopic (exact) mass is 592 g/mol. The Morgan fingerprint density at radius 3 is 2.32 bits per heavy atom. The number of carbonyl (C=O) groups excluding carboxylic acids is 2. The average Bonchev–Trinajstić information content (AvgIpc) is 3.26. The van der Waals surface area contributed by atoms with Crippen LogP contribution in [0.5, 0.6) is 11.5 Å². The maximum absolute atomic E-state index is 12.9. The highest BCUT2D eigenvalue weighted by Crippen LogP contribution is 2.47. The van der Waals surface area contributed by atoms with Crippen LogP contribution >= 0.6 is 31.9 Å². The molecular formula is C24H22Br2N2O6. The van der Waals surface area contributed by atoms with E-state index in [9.17, 15) is 9.59 Å². The van der Waals surface area contributed by atoms with E-state index in [4.69, 9.17) is 18.9 Å². The Bertz CT molecular complexity index is 1220. The second-order valence-electron chi connectivity index (χ2n) is 6.71. The van der Waals surface area contributed by atoms with Gasteiger partial charge >= 0.3 is 11.9 Å². The van der Waals surface area contributed by atoms with Crippen LogP contribution in [0.1, 0.15) is 27.8 Å². The highest BCUT2D eigenvalue weighted by Gasteiger charge is 2.33. The summed E-state index contributed by atoms with van der Waals surface area (Å²) in [4.78, 5) is 25.8. The molecule has 0 saturated heterocycles. The molecule has 34 heavy (non-hydrogen) atoms. The van der Waals surface area contributed by atoms with E-state index < -0.39 is 11.9 Å². The van der Waals surface area contributed by atoms with Crippen molar-refractivity contribution in [2.24, 2.45) is 0 Å². The zero-order chi connectivity index (χ0) is 24.8. The number of carbonyl (C=O) groups is 2. The summed E-state index contributed by atoms with van der Waals surface area (Å²) in [6, 6.07) is 10.6. The number of para-hydroxylation sites is 1. The summed E-state index contributed by atoms with van der Waals surface area (Å²) < 4.78 is 24.0. The molecule has 0 N–H and O–H groups in total. The van der Waals surface area contributed by atoms with Crippen LogP contribution in [0.2, 0.25) is 0 Å². The molecule has 3 rings (SSSR count). The molecule has 10 heteroatoms. The molecule has 0 saturated carbocycles. The molecule has 8 nitrogen and oxygen atoms in total. The molecule has 0 fully saturated rings. The molecule has 1 aromatic heterocycles. The number of nitrogens with zero attached hydrogens (tertiary/aromatic N) is 2. The predicted molar refractivity (Wildman–Crippen MR) is 134 cm³/mol. The van der Waals surface area contributed by atoms with Gasteiger partial charge in [0.25, 0.3) is 0 Å². The number of hydrogen-bond donors (Lipinski definition) is 0. The molecule has 0 unspecified atom stereocenters. The van der Waals surface area contributed by atoms with Crippen molar-refractivity contribution in [3.63, 3.8) is 0 Å². The summed E-state index contributed by atoms with van der Waals surface area (Å²) >= 11 is 7.11. The zero-order valence-corrected chi connectivity index (χ0v) is 21.9. The quantitative estimate of drug-likeness (QED) is 0.236. The summed E-state index contributed by atoms with van der Waals surface area (Å²) in [5.41, 5.74) is 1.11. The molecule has 178 valence electrons. The average molecular weight is 594 g/mol. The summed E-state index contributed by atoms with van der Waals surface area (Å²) in [5, 5.41) is 4.64. The first-order valence-corrected chi connectivity index (χ1v) is 11.7. The Balaban J connectivity index is 2.39. The van der Waals surface area contributed by atoms with Gasteiger partial charge in [0.15, 0.2) is 17.2 Å². The van der Waals surface area contributed by atoms with E-state index in [1.54, 1.807) is 36.4 Å². The fourth-order valence-corrected chi connectivity index (χ4v) is 4.25. The molecule has 0 aliphatic rings. The Morgan fingerprint density at radius 2 is 1.74 bits per heavy atom. The Kier molecular flexibility index (Phi) is 8.51. The van der Waals surface area contributed by atoms with Crippen molar-refractivity contribution < 1.29 is 28.5 Å². The molecule has 0 aliphatic heterocycles. The number of benzene rings is 2. The number of methoxy groups -OCH3 is 2. The molecule has 0 amide bonds. The lowest BCUT2D eigenvalue weighted by Crippen LogP contribution is -2.15. The largest absolute Gasteiger partial charge is 0.490 e. The van der Waals surface area contributed by atoms with Gasteiger partial charge in [0, 0.05) is 10.0 Å². The second-order valence-corrected chi connectivity index (χ2v) is 8.30. The maximum atomic E-state index is 12.9. The molecule has 0 bridgehead atoms. The normalized spacial score (nSPS) is 10.5. The van der Waals surface area contributed by atoms with E-state index in [0.29, 0.717) is 38.3 Å². The Labute approximate surface area is 213 Å². The van der Waals surface area contributed by atoms with Gasteiger partial charge in [-0.2, -0.15) is 5.10 Å². The van der Waals surface area contributed by atoms with Gasteiger partial charge in [0.05, 0.1) is 31.0 Å². The predicted octanol–water partition coefficient (Wildman–Crippen LogP) is 5.60. The van der Waals surface area contributed by atoms with Crippen molar-refractivity contribution in [3.8, 4) is 28.4 Å². The lowest BCUT2D eigenvalue weighted by molar-refractivity contribution is 0.0549. The third-order valence-corrected chi connectivity index (χ3v) is 6.80. The van der Waals surface area contributed by atoms with E-state index in [1.165, 1.54) is 18.9 Å². The van der Waals surface area contributed by atoms with Crippen LogP contribution in [-0.2, 0) is 9.47 Å². The van der Waals surface area contributed by atoms with Crippen molar-refractivity contribution >= 4 is 43.8 Å². The molecule has 1 heterocycles. The minimum atomic E-state index is -0.745. The van der Waals surface area contributed by atoms with E-state index >= 15 is 0 Å². The van der Waals surface area contributed by atoms with Crippen molar-refractivity contribution in [2.45, 2.75) is 6.92 Å². The SMILES string of the molecule is C=CCOc1c(OCC)cc(-c2nn(-c3ccccc3)c(C(=O)OC)c2C(=O)OC)c(Br)c1Br. The number of rotatable bonds is 9. The van der Waals surface area contributed by atoms with Gasteiger partial charge in [0.1, 0.15) is 17.9 Å². The van der Waals surface area contributed by atoms with Crippen molar-refractivity contribution in [3.05, 3.63) is 69.3 Å². The third kappa shape index (κ3) is 4.88. The van der Waals surface area contributed by atoms with Gasteiger partial charge in [-0.05, 0) is 57.0 Å². The van der Waals surface area contributed by atoms with Gasteiger partial charge in [-0.1, -0.05) is 30.9 Å². The van der Waals surface area contributed by atoms with Gasteiger partial charge in [-0.15, -0.1) is 0 Å². The molecule has 0 aliphatic carbocycles. The van der Waals surface area contributed by atoms with Crippen LogP contribution in [0.4, 0.5) is 0 Å². The lowest BCUT2D eigenvalue weighted by atomic mass is 10.0. The Morgan fingerprint density at radius 1 is 1.06 bits per heavy atom. The van der Waals surface area contributed by atoms with Gasteiger partial charge < -0.3 is 18.9 Å². The van der Waals surface area contributed by atoms with Crippen LogP contribution in [0, 0.1) is 0 Å². The number of halogens is 2. The number of aromatic nitrogens is 2. The van der Waals surface area contributed by atoms with Crippen LogP contribution in [0.15, 0.2) is 58.0 Å². The van der Waals surface area contributed by atoms with Crippen LogP contribution < -0.4 is 9.47 Å². The minimum absolute atomic E-state index is 0.0481. The summed E-state index contributed by atoms with van der Waals surface area (Å²) in [5.74, 6) is -0.619. The molecule has 0 atom stereocenters. The highest BCUT2D eigenvalue weighted by atomic mass is 79.9. The number of ether oxygens (including phenoxy) is 4. The van der Waals surface area contributed by atoms with Crippen molar-refractivity contribution in [1.82, 2.24) is 9.78 Å².